The highest BCUT2D eigenvalue weighted by Gasteiger charge is 2.35. The van der Waals surface area contributed by atoms with Gasteiger partial charge in [-0.3, -0.25) is 9.59 Å². The van der Waals surface area contributed by atoms with E-state index in [9.17, 15) is 9.59 Å². The molecule has 7 heteroatoms. The third kappa shape index (κ3) is 3.70. The molecule has 0 aliphatic carbocycles. The molecule has 4 rings (SSSR count). The molecule has 1 saturated heterocycles. The van der Waals surface area contributed by atoms with E-state index in [-0.39, 0.29) is 24.2 Å². The summed E-state index contributed by atoms with van der Waals surface area (Å²) < 4.78 is 2.23. The zero-order chi connectivity index (χ0) is 19.1. The normalized spacial score (nSPS) is 16.9. The number of benzene rings is 2. The van der Waals surface area contributed by atoms with Gasteiger partial charge in [0, 0.05) is 27.9 Å². The van der Waals surface area contributed by atoms with Crippen molar-refractivity contribution in [1.82, 2.24) is 4.98 Å². The Labute approximate surface area is 174 Å². The van der Waals surface area contributed by atoms with Crippen molar-refractivity contribution in [2.24, 2.45) is 5.92 Å². The summed E-state index contributed by atoms with van der Waals surface area (Å²) in [6.45, 7) is 4.33. The van der Waals surface area contributed by atoms with Gasteiger partial charge in [0.2, 0.25) is 11.8 Å². The Morgan fingerprint density at radius 3 is 2.85 bits per heavy atom. The van der Waals surface area contributed by atoms with Crippen molar-refractivity contribution in [2.45, 2.75) is 20.3 Å². The van der Waals surface area contributed by atoms with Crippen LogP contribution in [0.1, 0.15) is 17.0 Å². The molecule has 1 aliphatic heterocycles. The molecular formula is C20H18IN3O2S. The van der Waals surface area contributed by atoms with Crippen LogP contribution in [0.4, 0.5) is 11.4 Å². The summed E-state index contributed by atoms with van der Waals surface area (Å²) >= 11 is 3.88. The highest BCUT2D eigenvalue weighted by molar-refractivity contribution is 14.1. The number of hydrogen-bond acceptors (Lipinski definition) is 4. The maximum atomic E-state index is 12.7. The number of nitrogens with one attached hydrogen (secondary N) is 1. The highest BCUT2D eigenvalue weighted by atomic mass is 127. The first-order chi connectivity index (χ1) is 12.9. The van der Waals surface area contributed by atoms with Gasteiger partial charge in [0.05, 0.1) is 21.1 Å². The minimum Gasteiger partial charge on any atom is -0.326 e. The third-order valence-corrected chi connectivity index (χ3v) is 6.35. The number of thiazole rings is 1. The number of halogens is 1. The number of amides is 2. The minimum atomic E-state index is -0.357. The molecule has 0 spiro atoms. The van der Waals surface area contributed by atoms with Crippen LogP contribution in [0.2, 0.25) is 0 Å². The van der Waals surface area contributed by atoms with E-state index in [4.69, 9.17) is 0 Å². The zero-order valence-corrected chi connectivity index (χ0v) is 17.9. The topological polar surface area (TPSA) is 62.3 Å². The van der Waals surface area contributed by atoms with Gasteiger partial charge >= 0.3 is 0 Å². The Morgan fingerprint density at radius 1 is 1.26 bits per heavy atom. The number of aryl methyl sites for hydroxylation is 2. The van der Waals surface area contributed by atoms with Crippen LogP contribution in [0.3, 0.4) is 0 Å². The van der Waals surface area contributed by atoms with Gasteiger partial charge < -0.3 is 10.2 Å². The molecule has 1 aromatic heterocycles. The monoisotopic (exact) mass is 491 g/mol. The van der Waals surface area contributed by atoms with Gasteiger partial charge in [0.15, 0.2) is 0 Å². The van der Waals surface area contributed by atoms with E-state index in [1.165, 1.54) is 0 Å². The molecule has 3 aromatic rings. The number of fused-ring (bicyclic) bond motifs is 1. The van der Waals surface area contributed by atoms with Crippen LogP contribution in [0, 0.1) is 23.3 Å². The van der Waals surface area contributed by atoms with E-state index >= 15 is 0 Å². The molecule has 1 fully saturated rings. The molecule has 1 atom stereocenters. The molecule has 2 aromatic carbocycles. The standard InChI is InChI=1S/C20H18IN3O2S/c1-11-7-14(21)3-5-16(11)23-20(26)13-8-19(25)24(10-13)15-4-6-18-17(9-15)22-12(2)27-18/h3-7,9,13H,8,10H2,1-2H3,(H,23,26). The Morgan fingerprint density at radius 2 is 2.07 bits per heavy atom. The van der Waals surface area contributed by atoms with Crippen LogP contribution in [-0.4, -0.2) is 23.3 Å². The lowest BCUT2D eigenvalue weighted by molar-refractivity contribution is -0.122. The van der Waals surface area contributed by atoms with Crippen molar-refractivity contribution in [1.29, 1.82) is 0 Å². The molecule has 2 heterocycles. The van der Waals surface area contributed by atoms with E-state index in [1.807, 2.05) is 50.2 Å². The summed E-state index contributed by atoms with van der Waals surface area (Å²) in [6.07, 6.45) is 0.226. The average Bonchev–Trinajstić information content (AvgIpc) is 3.18. The number of aromatic nitrogens is 1. The van der Waals surface area contributed by atoms with Crippen molar-refractivity contribution in [2.75, 3.05) is 16.8 Å². The van der Waals surface area contributed by atoms with Crippen molar-refractivity contribution in [3.8, 4) is 0 Å². The average molecular weight is 491 g/mol. The van der Waals surface area contributed by atoms with Crippen molar-refractivity contribution >= 4 is 67.3 Å². The summed E-state index contributed by atoms with van der Waals surface area (Å²) in [5.74, 6) is -0.495. The molecule has 0 radical (unpaired) electrons. The first-order valence-electron chi connectivity index (χ1n) is 8.65. The van der Waals surface area contributed by atoms with Crippen LogP contribution >= 0.6 is 33.9 Å². The lowest BCUT2D eigenvalue weighted by atomic mass is 10.1. The van der Waals surface area contributed by atoms with Crippen LogP contribution in [-0.2, 0) is 9.59 Å². The molecule has 2 amide bonds. The lowest BCUT2D eigenvalue weighted by Gasteiger charge is -2.17. The van der Waals surface area contributed by atoms with Gasteiger partial charge in [-0.05, 0) is 78.4 Å². The Hall–Kier alpha value is -2.00. The van der Waals surface area contributed by atoms with Gasteiger partial charge in [-0.1, -0.05) is 0 Å². The maximum absolute atomic E-state index is 12.7. The molecule has 5 nitrogen and oxygen atoms in total. The summed E-state index contributed by atoms with van der Waals surface area (Å²) in [5.41, 5.74) is 3.51. The van der Waals surface area contributed by atoms with E-state index < -0.39 is 0 Å². The van der Waals surface area contributed by atoms with Gasteiger partial charge in [0.1, 0.15) is 0 Å². The zero-order valence-electron chi connectivity index (χ0n) is 15.0. The van der Waals surface area contributed by atoms with Crippen molar-refractivity contribution in [3.63, 3.8) is 0 Å². The van der Waals surface area contributed by atoms with Crippen LogP contribution in [0.25, 0.3) is 10.2 Å². The molecular weight excluding hydrogens is 473 g/mol. The smallest absolute Gasteiger partial charge is 0.229 e. The first kappa shape index (κ1) is 18.4. The Balaban J connectivity index is 1.51. The molecule has 1 N–H and O–H groups in total. The van der Waals surface area contributed by atoms with Crippen molar-refractivity contribution in [3.05, 3.63) is 50.5 Å². The number of hydrogen-bond donors (Lipinski definition) is 1. The van der Waals surface area contributed by atoms with E-state index in [1.54, 1.807) is 16.2 Å². The molecule has 27 heavy (non-hydrogen) atoms. The highest BCUT2D eigenvalue weighted by Crippen LogP contribution is 2.31. The number of carbonyl (C=O) groups is 2. The Kier molecular flexibility index (Phi) is 4.90. The Bertz CT molecular complexity index is 1060. The molecule has 1 aliphatic rings. The molecule has 1 unspecified atom stereocenters. The van der Waals surface area contributed by atoms with Gasteiger partial charge in [-0.15, -0.1) is 11.3 Å². The predicted molar refractivity (Wildman–Crippen MR) is 117 cm³/mol. The summed E-state index contributed by atoms with van der Waals surface area (Å²) in [6, 6.07) is 11.7. The lowest BCUT2D eigenvalue weighted by Crippen LogP contribution is -2.28. The second kappa shape index (κ2) is 7.20. The minimum absolute atomic E-state index is 0.0271. The predicted octanol–water partition coefficient (Wildman–Crippen LogP) is 4.51. The summed E-state index contributed by atoms with van der Waals surface area (Å²) in [5, 5.41) is 3.97. The summed E-state index contributed by atoms with van der Waals surface area (Å²) in [4.78, 5) is 31.4. The third-order valence-electron chi connectivity index (χ3n) is 4.73. The molecule has 0 bridgehead atoms. The maximum Gasteiger partial charge on any atom is 0.229 e. The second-order valence-corrected chi connectivity index (χ2v) is 9.22. The number of rotatable bonds is 3. The number of nitrogens with zero attached hydrogens (tertiary/aromatic N) is 2. The fourth-order valence-electron chi connectivity index (χ4n) is 3.33. The van der Waals surface area contributed by atoms with Crippen LogP contribution < -0.4 is 10.2 Å². The molecule has 0 saturated carbocycles. The van der Waals surface area contributed by atoms with Crippen molar-refractivity contribution < 1.29 is 9.59 Å². The van der Waals surface area contributed by atoms with E-state index in [0.717, 1.165) is 35.7 Å². The van der Waals surface area contributed by atoms with E-state index in [0.29, 0.717) is 6.54 Å². The van der Waals surface area contributed by atoms with Crippen LogP contribution in [0.5, 0.6) is 0 Å². The fourth-order valence-corrected chi connectivity index (χ4v) is 4.79. The summed E-state index contributed by atoms with van der Waals surface area (Å²) in [7, 11) is 0. The SMILES string of the molecule is Cc1nc2cc(N3CC(C(=O)Nc4ccc(I)cc4C)CC3=O)ccc2s1. The van der Waals surface area contributed by atoms with E-state index in [2.05, 4.69) is 32.9 Å². The largest absolute Gasteiger partial charge is 0.326 e. The van der Waals surface area contributed by atoms with Gasteiger partial charge in [-0.25, -0.2) is 4.98 Å². The number of anilines is 2. The van der Waals surface area contributed by atoms with Gasteiger partial charge in [0.25, 0.3) is 0 Å². The first-order valence-corrected chi connectivity index (χ1v) is 10.5. The fraction of sp³-hybridized carbons (Fsp3) is 0.250. The van der Waals surface area contributed by atoms with Crippen LogP contribution in [0.15, 0.2) is 36.4 Å². The quantitative estimate of drug-likeness (QED) is 0.549. The molecule has 138 valence electrons. The number of carbonyl (C=O) groups excluding carboxylic acids is 2. The van der Waals surface area contributed by atoms with Gasteiger partial charge in [-0.2, -0.15) is 0 Å². The second-order valence-electron chi connectivity index (χ2n) is 6.74.